The van der Waals surface area contributed by atoms with E-state index in [1.54, 1.807) is 0 Å². The van der Waals surface area contributed by atoms with E-state index in [4.69, 9.17) is 0 Å². The zero-order chi connectivity index (χ0) is 8.55. The second-order valence-corrected chi connectivity index (χ2v) is 3.33. The van der Waals surface area contributed by atoms with Crippen LogP contribution in [-0.4, -0.2) is 29.2 Å². The molecule has 1 aliphatic heterocycles. The first-order chi connectivity index (χ1) is 5.81. The normalized spacial score (nSPS) is 16.8. The quantitative estimate of drug-likeness (QED) is 0.653. The molecule has 1 aromatic rings. The van der Waals surface area contributed by atoms with Crippen molar-refractivity contribution in [3.63, 3.8) is 0 Å². The summed E-state index contributed by atoms with van der Waals surface area (Å²) < 4.78 is 0. The third-order valence-electron chi connectivity index (χ3n) is 2.24. The molecule has 0 amide bonds. The molecule has 0 unspecified atom stereocenters. The highest BCUT2D eigenvalue weighted by Crippen LogP contribution is 2.21. The average Bonchev–Trinajstić information content (AvgIpc) is 2.52. The van der Waals surface area contributed by atoms with Gasteiger partial charge in [-0.25, -0.2) is 0 Å². The Hall–Kier alpha value is -0.870. The highest BCUT2D eigenvalue weighted by atomic mass is 15.2. The third-order valence-corrected chi connectivity index (χ3v) is 2.24. The van der Waals surface area contributed by atoms with Gasteiger partial charge in [0.25, 0.3) is 0 Å². The molecular weight excluding hydrogens is 152 g/mol. The van der Waals surface area contributed by atoms with E-state index in [9.17, 15) is 0 Å². The second kappa shape index (κ2) is 2.88. The Morgan fingerprint density at radius 3 is 3.17 bits per heavy atom. The van der Waals surface area contributed by atoms with E-state index in [1.807, 2.05) is 7.05 Å². The van der Waals surface area contributed by atoms with Crippen LogP contribution >= 0.6 is 0 Å². The number of fused-ring (bicyclic) bond motifs is 1. The van der Waals surface area contributed by atoms with Gasteiger partial charge in [-0.05, 0) is 14.1 Å². The van der Waals surface area contributed by atoms with Crippen molar-refractivity contribution in [2.45, 2.75) is 19.6 Å². The topological polar surface area (TPSA) is 44.0 Å². The molecule has 66 valence electrons. The van der Waals surface area contributed by atoms with Crippen molar-refractivity contribution in [2.24, 2.45) is 0 Å². The first kappa shape index (κ1) is 7.76. The van der Waals surface area contributed by atoms with Crippen molar-refractivity contribution in [1.82, 2.24) is 20.4 Å². The summed E-state index contributed by atoms with van der Waals surface area (Å²) in [5.74, 6) is 0. The maximum Gasteiger partial charge on any atom is 0.0808 e. The van der Waals surface area contributed by atoms with Gasteiger partial charge >= 0.3 is 0 Å². The van der Waals surface area contributed by atoms with Gasteiger partial charge in [-0.15, -0.1) is 0 Å². The SMILES string of the molecule is CNCc1n[nH]c2c1CN(C)C2. The molecule has 0 saturated carbocycles. The highest BCUT2D eigenvalue weighted by Gasteiger charge is 2.21. The van der Waals surface area contributed by atoms with Gasteiger partial charge in [0.15, 0.2) is 0 Å². The fourth-order valence-corrected chi connectivity index (χ4v) is 1.67. The molecule has 0 fully saturated rings. The van der Waals surface area contributed by atoms with Crippen LogP contribution in [-0.2, 0) is 19.6 Å². The van der Waals surface area contributed by atoms with E-state index in [0.29, 0.717) is 0 Å². The van der Waals surface area contributed by atoms with Crippen LogP contribution in [0.1, 0.15) is 17.0 Å². The van der Waals surface area contributed by atoms with Gasteiger partial charge < -0.3 is 5.32 Å². The van der Waals surface area contributed by atoms with Crippen LogP contribution in [0, 0.1) is 0 Å². The lowest BCUT2D eigenvalue weighted by Crippen LogP contribution is -2.12. The molecule has 0 aromatic carbocycles. The molecule has 0 saturated heterocycles. The molecule has 2 heterocycles. The minimum Gasteiger partial charge on any atom is -0.314 e. The van der Waals surface area contributed by atoms with Crippen LogP contribution in [0.25, 0.3) is 0 Å². The molecule has 0 bridgehead atoms. The third kappa shape index (κ3) is 1.13. The van der Waals surface area contributed by atoms with Gasteiger partial charge in [0.1, 0.15) is 0 Å². The van der Waals surface area contributed by atoms with E-state index in [-0.39, 0.29) is 0 Å². The van der Waals surface area contributed by atoms with Crippen molar-refractivity contribution in [3.8, 4) is 0 Å². The number of aromatic nitrogens is 2. The number of nitrogens with zero attached hydrogens (tertiary/aromatic N) is 2. The molecule has 1 aromatic heterocycles. The van der Waals surface area contributed by atoms with Crippen LogP contribution in [0.4, 0.5) is 0 Å². The maximum atomic E-state index is 4.25. The van der Waals surface area contributed by atoms with Crippen molar-refractivity contribution >= 4 is 0 Å². The van der Waals surface area contributed by atoms with Gasteiger partial charge in [0.2, 0.25) is 0 Å². The summed E-state index contributed by atoms with van der Waals surface area (Å²) in [6, 6.07) is 0. The number of H-pyrrole nitrogens is 1. The van der Waals surface area contributed by atoms with E-state index < -0.39 is 0 Å². The first-order valence-electron chi connectivity index (χ1n) is 4.19. The summed E-state index contributed by atoms with van der Waals surface area (Å²) in [6.07, 6.45) is 0. The lowest BCUT2D eigenvalue weighted by atomic mass is 10.2. The maximum absolute atomic E-state index is 4.25. The molecule has 0 radical (unpaired) electrons. The van der Waals surface area contributed by atoms with Gasteiger partial charge in [-0.3, -0.25) is 10.00 Å². The number of rotatable bonds is 2. The summed E-state index contributed by atoms with van der Waals surface area (Å²) in [7, 11) is 4.07. The predicted octanol–water partition coefficient (Wildman–Crippen LogP) is 0.0745. The average molecular weight is 166 g/mol. The highest BCUT2D eigenvalue weighted by molar-refractivity contribution is 5.28. The predicted molar refractivity (Wildman–Crippen MR) is 46.5 cm³/mol. The Labute approximate surface area is 72.0 Å². The van der Waals surface area contributed by atoms with Crippen LogP contribution < -0.4 is 5.32 Å². The largest absolute Gasteiger partial charge is 0.314 e. The summed E-state index contributed by atoms with van der Waals surface area (Å²) in [6.45, 7) is 2.90. The fraction of sp³-hybridized carbons (Fsp3) is 0.625. The van der Waals surface area contributed by atoms with E-state index in [0.717, 1.165) is 25.3 Å². The monoisotopic (exact) mass is 166 g/mol. The molecule has 0 aliphatic carbocycles. The zero-order valence-electron chi connectivity index (χ0n) is 7.52. The van der Waals surface area contributed by atoms with E-state index >= 15 is 0 Å². The summed E-state index contributed by atoms with van der Waals surface area (Å²) in [5, 5.41) is 10.4. The number of nitrogens with one attached hydrogen (secondary N) is 2. The van der Waals surface area contributed by atoms with Crippen LogP contribution in [0.3, 0.4) is 0 Å². The van der Waals surface area contributed by atoms with Gasteiger partial charge in [-0.2, -0.15) is 5.10 Å². The summed E-state index contributed by atoms with van der Waals surface area (Å²) in [4.78, 5) is 2.28. The summed E-state index contributed by atoms with van der Waals surface area (Å²) in [5.41, 5.74) is 3.83. The molecule has 0 spiro atoms. The Kier molecular flexibility index (Phi) is 1.86. The minimum atomic E-state index is 0.861. The fourth-order valence-electron chi connectivity index (χ4n) is 1.67. The van der Waals surface area contributed by atoms with E-state index in [2.05, 4.69) is 27.5 Å². The zero-order valence-corrected chi connectivity index (χ0v) is 7.52. The molecule has 0 atom stereocenters. The molecule has 2 N–H and O–H groups in total. The van der Waals surface area contributed by atoms with Crippen LogP contribution in [0.15, 0.2) is 0 Å². The molecule has 2 rings (SSSR count). The van der Waals surface area contributed by atoms with Crippen molar-refractivity contribution in [2.75, 3.05) is 14.1 Å². The summed E-state index contributed by atoms with van der Waals surface area (Å²) >= 11 is 0. The Balaban J connectivity index is 2.24. The van der Waals surface area contributed by atoms with Gasteiger partial charge in [-0.1, -0.05) is 0 Å². The van der Waals surface area contributed by atoms with Gasteiger partial charge in [0.05, 0.1) is 11.4 Å². The first-order valence-corrected chi connectivity index (χ1v) is 4.19. The molecule has 4 nitrogen and oxygen atoms in total. The van der Waals surface area contributed by atoms with Gasteiger partial charge in [0, 0.05) is 25.2 Å². The number of aromatic amines is 1. The standard InChI is InChI=1S/C8H14N4/c1-9-3-7-6-4-12(2)5-8(6)11-10-7/h9H,3-5H2,1-2H3,(H,10,11). The number of hydrogen-bond donors (Lipinski definition) is 2. The molecular formula is C8H14N4. The van der Waals surface area contributed by atoms with Crippen LogP contribution in [0.2, 0.25) is 0 Å². The molecule has 12 heavy (non-hydrogen) atoms. The smallest absolute Gasteiger partial charge is 0.0808 e. The minimum absolute atomic E-state index is 0.861. The number of hydrogen-bond acceptors (Lipinski definition) is 3. The molecule has 1 aliphatic rings. The Morgan fingerprint density at radius 2 is 2.42 bits per heavy atom. The van der Waals surface area contributed by atoms with Crippen molar-refractivity contribution in [1.29, 1.82) is 0 Å². The second-order valence-electron chi connectivity index (χ2n) is 3.33. The Bertz CT molecular complexity index is 279. The van der Waals surface area contributed by atoms with E-state index in [1.165, 1.54) is 11.3 Å². The lowest BCUT2D eigenvalue weighted by molar-refractivity contribution is 0.347. The van der Waals surface area contributed by atoms with Crippen LogP contribution in [0.5, 0.6) is 0 Å². The van der Waals surface area contributed by atoms with Crippen molar-refractivity contribution in [3.05, 3.63) is 17.0 Å². The Morgan fingerprint density at radius 1 is 1.58 bits per heavy atom. The molecule has 4 heteroatoms. The lowest BCUT2D eigenvalue weighted by Gasteiger charge is -2.05. The van der Waals surface area contributed by atoms with Crippen molar-refractivity contribution < 1.29 is 0 Å².